The lowest BCUT2D eigenvalue weighted by Gasteiger charge is -1.97. The molecule has 0 N–H and O–H groups in total. The van der Waals surface area contributed by atoms with Crippen LogP contribution < -0.4 is 0 Å². The normalized spacial score (nSPS) is 8.46. The zero-order valence-corrected chi connectivity index (χ0v) is 8.92. The lowest BCUT2D eigenvalue weighted by Crippen LogP contribution is -2.07. The third kappa shape index (κ3) is 13.9. The van der Waals surface area contributed by atoms with Crippen LogP contribution in [-0.4, -0.2) is 25.7 Å². The topological polar surface area (TPSA) is 52.6 Å². The van der Waals surface area contributed by atoms with Crippen LogP contribution in [0.15, 0.2) is 0 Å². The summed E-state index contributed by atoms with van der Waals surface area (Å²) in [4.78, 5) is 20.1. The van der Waals surface area contributed by atoms with Crippen molar-refractivity contribution in [1.82, 2.24) is 0 Å². The molecule has 0 aliphatic heterocycles. The third-order valence-corrected chi connectivity index (χ3v) is 1.02. The molecule has 0 bridgehead atoms. The van der Waals surface area contributed by atoms with Crippen LogP contribution in [0.5, 0.6) is 0 Å². The van der Waals surface area contributed by atoms with E-state index >= 15 is 0 Å². The summed E-state index contributed by atoms with van der Waals surface area (Å²) in [6, 6.07) is 0. The van der Waals surface area contributed by atoms with Crippen molar-refractivity contribution in [2.24, 2.45) is 5.92 Å². The minimum atomic E-state index is -0.211. The summed E-state index contributed by atoms with van der Waals surface area (Å²) in [6.07, 6.45) is 0. The lowest BCUT2D eigenvalue weighted by molar-refractivity contribution is -0.144. The molecule has 0 spiro atoms. The molecule has 0 saturated heterocycles. The molecule has 0 saturated carbocycles. The average molecular weight is 190 g/mol. The van der Waals surface area contributed by atoms with E-state index in [4.69, 9.17) is 0 Å². The van der Waals surface area contributed by atoms with Crippen molar-refractivity contribution in [3.05, 3.63) is 0 Å². The number of rotatable bonds is 2. The van der Waals surface area contributed by atoms with Gasteiger partial charge in [-0.25, -0.2) is 0 Å². The molecule has 0 aromatic carbocycles. The quantitative estimate of drug-likeness (QED) is 0.617. The lowest BCUT2D eigenvalue weighted by atomic mass is 10.2. The summed E-state index contributed by atoms with van der Waals surface area (Å²) >= 11 is 0. The first-order chi connectivity index (χ1) is 5.95. The Labute approximate surface area is 79.2 Å². The molecule has 0 aliphatic rings. The van der Waals surface area contributed by atoms with Crippen LogP contribution in [0.25, 0.3) is 0 Å². The van der Waals surface area contributed by atoms with Crippen molar-refractivity contribution in [1.29, 1.82) is 0 Å². The van der Waals surface area contributed by atoms with Crippen LogP contribution in [0.3, 0.4) is 0 Å². The molecule has 0 heterocycles. The second kappa shape index (κ2) is 9.03. The van der Waals surface area contributed by atoms with Gasteiger partial charge >= 0.3 is 11.9 Å². The summed E-state index contributed by atoms with van der Waals surface area (Å²) in [6.45, 7) is 7.25. The van der Waals surface area contributed by atoms with Crippen molar-refractivity contribution in [2.45, 2.75) is 27.7 Å². The van der Waals surface area contributed by atoms with Crippen molar-refractivity contribution in [2.75, 3.05) is 13.7 Å². The number of hydrogen-bond donors (Lipinski definition) is 0. The molecule has 4 heteroatoms. The number of carbonyl (C=O) groups is 2. The molecule has 0 rings (SSSR count). The Kier molecular flexibility index (Phi) is 10.0. The zero-order valence-electron chi connectivity index (χ0n) is 8.92. The third-order valence-electron chi connectivity index (χ3n) is 1.02. The molecule has 0 aliphatic carbocycles. The van der Waals surface area contributed by atoms with Crippen LogP contribution in [0, 0.1) is 5.92 Å². The predicted molar refractivity (Wildman–Crippen MR) is 49.2 cm³/mol. The highest BCUT2D eigenvalue weighted by Gasteiger charge is 2.03. The highest BCUT2D eigenvalue weighted by molar-refractivity contribution is 5.71. The number of carbonyl (C=O) groups excluding carboxylic acids is 2. The number of hydrogen-bond acceptors (Lipinski definition) is 4. The first kappa shape index (κ1) is 14.5. The Balaban J connectivity index is 0. The second-order valence-corrected chi connectivity index (χ2v) is 2.60. The van der Waals surface area contributed by atoms with E-state index in [1.165, 1.54) is 14.0 Å². The van der Waals surface area contributed by atoms with Gasteiger partial charge < -0.3 is 9.47 Å². The largest absolute Gasteiger partial charge is 0.469 e. The highest BCUT2D eigenvalue weighted by atomic mass is 16.5. The molecular formula is C9H18O4. The maximum atomic E-state index is 10.3. The van der Waals surface area contributed by atoms with Crippen LogP contribution in [0.4, 0.5) is 0 Å². The predicted octanol–water partition coefficient (Wildman–Crippen LogP) is 1.38. The van der Waals surface area contributed by atoms with Crippen molar-refractivity contribution >= 4 is 11.9 Å². The summed E-state index contributed by atoms with van der Waals surface area (Å²) < 4.78 is 8.78. The molecule has 0 fully saturated rings. The minimum Gasteiger partial charge on any atom is -0.469 e. The Morgan fingerprint density at radius 3 is 1.77 bits per heavy atom. The number of methoxy groups -OCH3 is 1. The van der Waals surface area contributed by atoms with Gasteiger partial charge in [0.05, 0.1) is 19.6 Å². The number of esters is 2. The maximum Gasteiger partial charge on any atom is 0.308 e. The van der Waals surface area contributed by atoms with E-state index in [1.807, 2.05) is 0 Å². The van der Waals surface area contributed by atoms with E-state index in [0.717, 1.165) is 0 Å². The van der Waals surface area contributed by atoms with E-state index in [2.05, 4.69) is 9.47 Å². The molecule has 0 atom stereocenters. The van der Waals surface area contributed by atoms with E-state index in [0.29, 0.717) is 6.61 Å². The minimum absolute atomic E-state index is 0.00463. The molecule has 0 radical (unpaired) electrons. The van der Waals surface area contributed by atoms with E-state index in [9.17, 15) is 9.59 Å². The average Bonchev–Trinajstić information content (AvgIpc) is 2.03. The summed E-state index contributed by atoms with van der Waals surface area (Å²) in [5, 5.41) is 0. The van der Waals surface area contributed by atoms with E-state index in [1.54, 1.807) is 20.8 Å². The zero-order chi connectivity index (χ0) is 10.9. The summed E-state index contributed by atoms with van der Waals surface area (Å²) in [5.74, 6) is -0.359. The Bertz CT molecular complexity index is 152. The molecule has 78 valence electrons. The fourth-order valence-electron chi connectivity index (χ4n) is 0.439. The van der Waals surface area contributed by atoms with Crippen molar-refractivity contribution < 1.29 is 19.1 Å². The molecule has 0 amide bonds. The first-order valence-electron chi connectivity index (χ1n) is 4.16. The molecule has 0 aromatic heterocycles. The molecule has 13 heavy (non-hydrogen) atoms. The highest BCUT2D eigenvalue weighted by Crippen LogP contribution is 1.91. The van der Waals surface area contributed by atoms with Crippen LogP contribution in [0.1, 0.15) is 27.7 Å². The molecular weight excluding hydrogens is 172 g/mol. The smallest absolute Gasteiger partial charge is 0.308 e. The fourth-order valence-corrected chi connectivity index (χ4v) is 0.439. The maximum absolute atomic E-state index is 10.3. The van der Waals surface area contributed by atoms with Gasteiger partial charge in [0.2, 0.25) is 0 Å². The van der Waals surface area contributed by atoms with Crippen molar-refractivity contribution in [3.63, 3.8) is 0 Å². The van der Waals surface area contributed by atoms with Gasteiger partial charge in [-0.1, -0.05) is 13.8 Å². The van der Waals surface area contributed by atoms with Crippen LogP contribution in [0.2, 0.25) is 0 Å². The van der Waals surface area contributed by atoms with Gasteiger partial charge in [-0.05, 0) is 6.92 Å². The van der Waals surface area contributed by atoms with Gasteiger partial charge in [0.15, 0.2) is 0 Å². The monoisotopic (exact) mass is 190 g/mol. The Morgan fingerprint density at radius 2 is 1.77 bits per heavy atom. The summed E-state index contributed by atoms with van der Waals surface area (Å²) in [7, 11) is 1.39. The fraction of sp³-hybridized carbons (Fsp3) is 0.778. The summed E-state index contributed by atoms with van der Waals surface area (Å²) in [5.41, 5.74) is 0. The van der Waals surface area contributed by atoms with Gasteiger partial charge in [-0.2, -0.15) is 0 Å². The molecule has 0 unspecified atom stereocenters. The van der Waals surface area contributed by atoms with Crippen LogP contribution >= 0.6 is 0 Å². The van der Waals surface area contributed by atoms with Gasteiger partial charge in [0, 0.05) is 6.92 Å². The molecule has 4 nitrogen and oxygen atoms in total. The van der Waals surface area contributed by atoms with Gasteiger partial charge in [-0.15, -0.1) is 0 Å². The Morgan fingerprint density at radius 1 is 1.31 bits per heavy atom. The first-order valence-corrected chi connectivity index (χ1v) is 4.16. The van der Waals surface area contributed by atoms with Crippen LogP contribution in [-0.2, 0) is 19.1 Å². The van der Waals surface area contributed by atoms with Crippen molar-refractivity contribution in [3.8, 4) is 0 Å². The van der Waals surface area contributed by atoms with Gasteiger partial charge in [0.1, 0.15) is 0 Å². The van der Waals surface area contributed by atoms with E-state index in [-0.39, 0.29) is 17.9 Å². The second-order valence-electron chi connectivity index (χ2n) is 2.60. The van der Waals surface area contributed by atoms with E-state index < -0.39 is 0 Å². The standard InChI is InChI=1S/C5H10O2.C4H8O2/c1-4(2)5(6)7-3;1-3-6-4(2)5/h4H,1-3H3;3H2,1-2H3. The SMILES string of the molecule is CCOC(C)=O.COC(=O)C(C)C. The molecule has 0 aromatic rings. The Hall–Kier alpha value is -1.06. The van der Waals surface area contributed by atoms with Gasteiger partial charge in [-0.3, -0.25) is 9.59 Å². The number of ether oxygens (including phenoxy) is 2. The van der Waals surface area contributed by atoms with Gasteiger partial charge in [0.25, 0.3) is 0 Å².